The summed E-state index contributed by atoms with van der Waals surface area (Å²) in [5.74, 6) is 1.31. The van der Waals surface area contributed by atoms with E-state index in [-0.39, 0.29) is 0 Å². The van der Waals surface area contributed by atoms with Crippen molar-refractivity contribution in [3.8, 4) is 11.5 Å². The van der Waals surface area contributed by atoms with Crippen molar-refractivity contribution in [3.05, 3.63) is 131 Å². The van der Waals surface area contributed by atoms with Gasteiger partial charge in [-0.05, 0) is 48.5 Å². The molecule has 0 fully saturated rings. The summed E-state index contributed by atoms with van der Waals surface area (Å²) in [6.45, 7) is 0. The van der Waals surface area contributed by atoms with E-state index in [2.05, 4.69) is 0 Å². The van der Waals surface area contributed by atoms with Gasteiger partial charge < -0.3 is 15.2 Å². The van der Waals surface area contributed by atoms with Gasteiger partial charge in [-0.25, -0.2) is 0 Å². The largest absolute Gasteiger partial charge is 0.618 e. The van der Waals surface area contributed by atoms with Crippen molar-refractivity contribution < 1.29 is 14.2 Å². The highest BCUT2D eigenvalue weighted by molar-refractivity contribution is 5.77. The molecule has 4 rings (SSSR count). The molecule has 0 aromatic heterocycles. The number of nitrogens with zero attached hydrogens (tertiary/aromatic N) is 2. The predicted octanol–water partition coefficient (Wildman–Crippen LogP) is 6.00. The summed E-state index contributed by atoms with van der Waals surface area (Å²) < 4.78 is 7.52. The van der Waals surface area contributed by atoms with Crippen LogP contribution >= 0.6 is 0 Å². The zero-order chi connectivity index (χ0) is 21.5. The fraction of sp³-hybridized carbons (Fsp3) is 0. The summed E-state index contributed by atoms with van der Waals surface area (Å²) in [6, 6.07) is 32.6. The molecule has 0 saturated heterocycles. The predicted molar refractivity (Wildman–Crippen MR) is 123 cm³/mol. The average Bonchev–Trinajstić information content (AvgIpc) is 2.82. The van der Waals surface area contributed by atoms with E-state index in [0.29, 0.717) is 22.9 Å². The Bertz CT molecular complexity index is 1090. The number of hydrogen-bond acceptors (Lipinski definition) is 3. The van der Waals surface area contributed by atoms with Gasteiger partial charge in [0.25, 0.3) is 0 Å². The summed E-state index contributed by atoms with van der Waals surface area (Å²) in [6.07, 6.45) is 3.04. The van der Waals surface area contributed by atoms with Gasteiger partial charge in [-0.1, -0.05) is 36.4 Å². The first-order valence-corrected chi connectivity index (χ1v) is 9.78. The third kappa shape index (κ3) is 5.36. The summed E-state index contributed by atoms with van der Waals surface area (Å²) in [7, 11) is 0. The molecule has 0 spiro atoms. The van der Waals surface area contributed by atoms with Gasteiger partial charge in [-0.3, -0.25) is 0 Å². The molecular weight excluding hydrogens is 388 g/mol. The minimum Gasteiger partial charge on any atom is -0.618 e. The van der Waals surface area contributed by atoms with Gasteiger partial charge >= 0.3 is 0 Å². The van der Waals surface area contributed by atoms with Crippen LogP contribution in [-0.4, -0.2) is 21.9 Å². The lowest BCUT2D eigenvalue weighted by Crippen LogP contribution is -1.98. The van der Waals surface area contributed by atoms with Gasteiger partial charge in [-0.15, -0.1) is 0 Å². The third-order valence-corrected chi connectivity index (χ3v) is 4.55. The molecule has 0 atom stereocenters. The molecule has 0 radical (unpaired) electrons. The molecule has 152 valence electrons. The molecule has 0 aliphatic heterocycles. The second-order valence-corrected chi connectivity index (χ2v) is 6.82. The Labute approximate surface area is 180 Å². The van der Waals surface area contributed by atoms with Gasteiger partial charge in [-0.2, -0.15) is 9.48 Å². The molecule has 5 heteroatoms. The minimum absolute atomic E-state index is 0.573. The molecule has 0 N–H and O–H groups in total. The van der Waals surface area contributed by atoms with E-state index in [1.54, 1.807) is 48.5 Å². The highest BCUT2D eigenvalue weighted by atomic mass is 16.5. The second-order valence-electron chi connectivity index (χ2n) is 6.82. The van der Waals surface area contributed by atoms with Crippen LogP contribution in [0.2, 0.25) is 0 Å². The van der Waals surface area contributed by atoms with Crippen molar-refractivity contribution in [2.75, 3.05) is 0 Å². The van der Waals surface area contributed by atoms with E-state index in [0.717, 1.165) is 20.6 Å². The maximum absolute atomic E-state index is 12.2. The van der Waals surface area contributed by atoms with Crippen LogP contribution in [0, 0.1) is 10.4 Å². The van der Waals surface area contributed by atoms with E-state index in [4.69, 9.17) is 4.74 Å². The number of ether oxygens (including phenoxy) is 1. The topological polar surface area (TPSA) is 61.4 Å². The second kappa shape index (κ2) is 9.41. The molecular formula is C26H20N2O3. The van der Waals surface area contributed by atoms with Crippen LogP contribution in [0.3, 0.4) is 0 Å². The van der Waals surface area contributed by atoms with Crippen LogP contribution in [0.15, 0.2) is 109 Å². The quantitative estimate of drug-likeness (QED) is 0.170. The van der Waals surface area contributed by atoms with Gasteiger partial charge in [0.1, 0.15) is 11.5 Å². The van der Waals surface area contributed by atoms with Crippen molar-refractivity contribution in [1.82, 2.24) is 0 Å². The molecule has 5 nitrogen and oxygen atoms in total. The summed E-state index contributed by atoms with van der Waals surface area (Å²) >= 11 is 0. The van der Waals surface area contributed by atoms with Crippen LogP contribution in [0.5, 0.6) is 11.5 Å². The van der Waals surface area contributed by atoms with Gasteiger partial charge in [0, 0.05) is 35.4 Å². The lowest BCUT2D eigenvalue weighted by Gasteiger charge is -2.07. The maximum atomic E-state index is 12.2. The molecule has 0 amide bonds. The highest BCUT2D eigenvalue weighted by Crippen LogP contribution is 2.22. The van der Waals surface area contributed by atoms with Crippen molar-refractivity contribution in [2.24, 2.45) is 0 Å². The molecule has 0 unspecified atom stereocenters. The smallest absolute Gasteiger partial charge is 0.216 e. The lowest BCUT2D eigenvalue weighted by atomic mass is 10.2. The zero-order valence-corrected chi connectivity index (χ0v) is 16.7. The Morgan fingerprint density at radius 3 is 1.19 bits per heavy atom. The maximum Gasteiger partial charge on any atom is 0.216 e. The van der Waals surface area contributed by atoms with Gasteiger partial charge in [0.15, 0.2) is 12.4 Å². The van der Waals surface area contributed by atoms with E-state index < -0.39 is 0 Å². The molecule has 4 aromatic carbocycles. The van der Waals surface area contributed by atoms with Crippen LogP contribution in [0.4, 0.5) is 11.4 Å². The first kappa shape index (κ1) is 19.9. The SMILES string of the molecule is [O-][N+](=Cc1ccc(Oc2ccc(C=[N+]([O-])c3ccccc3)cc2)cc1)c1ccccc1. The number of para-hydroxylation sites is 2. The fourth-order valence-electron chi connectivity index (χ4n) is 2.95. The highest BCUT2D eigenvalue weighted by Gasteiger charge is 2.04. The molecule has 0 bridgehead atoms. The Morgan fingerprint density at radius 1 is 0.484 bits per heavy atom. The van der Waals surface area contributed by atoms with E-state index in [1.165, 1.54) is 12.4 Å². The number of hydrogen-bond donors (Lipinski definition) is 0. The Morgan fingerprint density at radius 2 is 0.839 bits per heavy atom. The minimum atomic E-state index is 0.573. The first-order chi connectivity index (χ1) is 15.2. The fourth-order valence-corrected chi connectivity index (χ4v) is 2.95. The Hall–Kier alpha value is -4.38. The first-order valence-electron chi connectivity index (χ1n) is 9.78. The van der Waals surface area contributed by atoms with Crippen molar-refractivity contribution in [2.45, 2.75) is 0 Å². The molecule has 0 aliphatic carbocycles. The summed E-state index contributed by atoms with van der Waals surface area (Å²) in [4.78, 5) is 0. The zero-order valence-electron chi connectivity index (χ0n) is 16.7. The number of benzene rings is 4. The molecule has 0 saturated carbocycles. The van der Waals surface area contributed by atoms with Crippen molar-refractivity contribution >= 4 is 23.8 Å². The van der Waals surface area contributed by atoms with E-state index in [1.807, 2.05) is 60.7 Å². The standard InChI is InChI=1S/C26H20N2O3/c29-27(23-7-3-1-4-8-23)19-21-11-15-25(16-12-21)31-26-17-13-22(14-18-26)20-28(30)24-9-5-2-6-10-24/h1-20H. The van der Waals surface area contributed by atoms with Gasteiger partial charge in [0.05, 0.1) is 0 Å². The summed E-state index contributed by atoms with van der Waals surface area (Å²) in [5.41, 5.74) is 2.69. The normalized spacial score (nSPS) is 11.9. The molecule has 0 heterocycles. The molecule has 31 heavy (non-hydrogen) atoms. The molecule has 0 aliphatic rings. The van der Waals surface area contributed by atoms with Crippen molar-refractivity contribution in [3.63, 3.8) is 0 Å². The monoisotopic (exact) mass is 408 g/mol. The van der Waals surface area contributed by atoms with E-state index in [9.17, 15) is 10.4 Å². The van der Waals surface area contributed by atoms with Crippen LogP contribution in [0.1, 0.15) is 11.1 Å². The van der Waals surface area contributed by atoms with E-state index >= 15 is 0 Å². The molecule has 4 aromatic rings. The average molecular weight is 408 g/mol. The third-order valence-electron chi connectivity index (χ3n) is 4.55. The van der Waals surface area contributed by atoms with Gasteiger partial charge in [0.2, 0.25) is 11.4 Å². The van der Waals surface area contributed by atoms with Crippen LogP contribution in [-0.2, 0) is 0 Å². The van der Waals surface area contributed by atoms with Crippen LogP contribution < -0.4 is 4.74 Å². The number of rotatable bonds is 6. The Balaban J connectivity index is 1.42. The van der Waals surface area contributed by atoms with Crippen LogP contribution in [0.25, 0.3) is 0 Å². The Kier molecular flexibility index (Phi) is 6.05. The lowest BCUT2D eigenvalue weighted by molar-refractivity contribution is -0.354. The summed E-state index contributed by atoms with van der Waals surface area (Å²) in [5, 5.41) is 24.4. The van der Waals surface area contributed by atoms with Crippen molar-refractivity contribution in [1.29, 1.82) is 0 Å².